The van der Waals surface area contributed by atoms with E-state index >= 15 is 0 Å². The Labute approximate surface area is 116 Å². The Hall–Kier alpha value is -1.17. The fourth-order valence-electron chi connectivity index (χ4n) is 1.47. The number of rotatable bonds is 7. The van der Waals surface area contributed by atoms with Crippen LogP contribution in [0.1, 0.15) is 18.9 Å². The lowest BCUT2D eigenvalue weighted by molar-refractivity contribution is -0.117. The molecule has 6 heteroatoms. The Bertz CT molecular complexity index is 411. The van der Waals surface area contributed by atoms with E-state index < -0.39 is 12.0 Å². The summed E-state index contributed by atoms with van der Waals surface area (Å²) in [6.45, 7) is 1.51. The number of alkyl halides is 1. The Morgan fingerprint density at radius 2 is 2.11 bits per heavy atom. The van der Waals surface area contributed by atoms with Crippen LogP contribution in [0.5, 0.6) is 0 Å². The molecule has 1 aromatic carbocycles. The van der Waals surface area contributed by atoms with E-state index in [-0.39, 0.29) is 13.0 Å². The standard InChI is InChI=1S/C13H17ClFNO3/c1-10(17)7-13(15,9-16-18-2)19-8-11-3-5-12(14)6-4-11/h3-6,9-10,17H,7-8H2,1-2H3. The fourth-order valence-corrected chi connectivity index (χ4v) is 1.59. The van der Waals surface area contributed by atoms with Gasteiger partial charge in [0.15, 0.2) is 0 Å². The predicted octanol–water partition coefficient (Wildman–Crippen LogP) is 2.93. The number of ether oxygens (including phenoxy) is 1. The molecule has 106 valence electrons. The molecule has 0 fully saturated rings. The number of benzene rings is 1. The van der Waals surface area contributed by atoms with E-state index in [0.717, 1.165) is 11.8 Å². The number of hydrogen-bond donors (Lipinski definition) is 1. The maximum absolute atomic E-state index is 14.4. The quantitative estimate of drug-likeness (QED) is 0.620. The van der Waals surface area contributed by atoms with Crippen LogP contribution in [0.3, 0.4) is 0 Å². The first-order chi connectivity index (χ1) is 8.95. The summed E-state index contributed by atoms with van der Waals surface area (Å²) in [6.07, 6.45) is -0.193. The minimum Gasteiger partial charge on any atom is -0.399 e. The van der Waals surface area contributed by atoms with Gasteiger partial charge in [0.1, 0.15) is 13.3 Å². The van der Waals surface area contributed by atoms with Crippen molar-refractivity contribution in [2.24, 2.45) is 5.16 Å². The molecule has 1 aromatic rings. The van der Waals surface area contributed by atoms with Crippen LogP contribution in [0.2, 0.25) is 5.02 Å². The van der Waals surface area contributed by atoms with Gasteiger partial charge < -0.3 is 14.7 Å². The van der Waals surface area contributed by atoms with Crippen molar-refractivity contribution in [2.45, 2.75) is 31.9 Å². The van der Waals surface area contributed by atoms with Crippen molar-refractivity contribution in [3.05, 3.63) is 34.9 Å². The molecule has 0 spiro atoms. The van der Waals surface area contributed by atoms with Gasteiger partial charge >= 0.3 is 0 Å². The lowest BCUT2D eigenvalue weighted by Crippen LogP contribution is -2.33. The van der Waals surface area contributed by atoms with Crippen LogP contribution < -0.4 is 0 Å². The highest BCUT2D eigenvalue weighted by atomic mass is 35.5. The van der Waals surface area contributed by atoms with Gasteiger partial charge in [0.2, 0.25) is 0 Å². The van der Waals surface area contributed by atoms with Crippen LogP contribution in [0.4, 0.5) is 4.39 Å². The van der Waals surface area contributed by atoms with Gasteiger partial charge in [0.25, 0.3) is 5.85 Å². The Morgan fingerprint density at radius 3 is 2.63 bits per heavy atom. The minimum absolute atomic E-state index is 0.0378. The third kappa shape index (κ3) is 6.00. The first-order valence-electron chi connectivity index (χ1n) is 5.78. The predicted molar refractivity (Wildman–Crippen MR) is 71.9 cm³/mol. The van der Waals surface area contributed by atoms with Crippen molar-refractivity contribution in [1.29, 1.82) is 0 Å². The van der Waals surface area contributed by atoms with E-state index in [1.807, 2.05) is 0 Å². The topological polar surface area (TPSA) is 51.0 Å². The number of halogens is 2. The Kier molecular flexibility index (Phi) is 6.21. The lowest BCUT2D eigenvalue weighted by Gasteiger charge is -2.22. The van der Waals surface area contributed by atoms with Gasteiger partial charge in [0.05, 0.1) is 12.7 Å². The number of aliphatic hydroxyl groups is 1. The zero-order valence-corrected chi connectivity index (χ0v) is 11.6. The molecule has 0 aliphatic heterocycles. The van der Waals surface area contributed by atoms with Crippen LogP contribution in [0, 0.1) is 0 Å². The molecular weight excluding hydrogens is 273 g/mol. The number of oxime groups is 1. The molecule has 0 saturated heterocycles. The molecule has 0 aliphatic carbocycles. The van der Waals surface area contributed by atoms with Crippen molar-refractivity contribution in [3.63, 3.8) is 0 Å². The summed E-state index contributed by atoms with van der Waals surface area (Å²) in [6, 6.07) is 6.85. The molecule has 0 bridgehead atoms. The van der Waals surface area contributed by atoms with Crippen molar-refractivity contribution in [2.75, 3.05) is 7.11 Å². The summed E-state index contributed by atoms with van der Waals surface area (Å²) < 4.78 is 19.5. The zero-order valence-electron chi connectivity index (χ0n) is 10.8. The van der Waals surface area contributed by atoms with Crippen molar-refractivity contribution >= 4 is 17.8 Å². The third-order valence-corrected chi connectivity index (χ3v) is 2.57. The molecule has 4 nitrogen and oxygen atoms in total. The van der Waals surface area contributed by atoms with E-state index in [4.69, 9.17) is 16.3 Å². The second-order valence-electron chi connectivity index (χ2n) is 4.17. The molecule has 0 radical (unpaired) electrons. The normalized spacial score (nSPS) is 16.3. The number of hydrogen-bond acceptors (Lipinski definition) is 4. The summed E-state index contributed by atoms with van der Waals surface area (Å²) >= 11 is 5.75. The summed E-state index contributed by atoms with van der Waals surface area (Å²) in [4.78, 5) is 4.44. The molecule has 2 atom stereocenters. The molecule has 2 unspecified atom stereocenters. The van der Waals surface area contributed by atoms with E-state index in [1.54, 1.807) is 24.3 Å². The van der Waals surface area contributed by atoms with Crippen LogP contribution >= 0.6 is 11.6 Å². The van der Waals surface area contributed by atoms with Gasteiger partial charge in [-0.15, -0.1) is 0 Å². The van der Waals surface area contributed by atoms with E-state index in [1.165, 1.54) is 14.0 Å². The Balaban J connectivity index is 2.66. The van der Waals surface area contributed by atoms with E-state index in [0.29, 0.717) is 5.02 Å². The average molecular weight is 290 g/mol. The first-order valence-corrected chi connectivity index (χ1v) is 6.16. The lowest BCUT2D eigenvalue weighted by atomic mass is 10.1. The molecule has 0 heterocycles. The summed E-state index contributed by atoms with van der Waals surface area (Å²) in [5.74, 6) is -2.18. The SMILES string of the molecule is CON=CC(F)(CC(C)O)OCc1ccc(Cl)cc1. The maximum Gasteiger partial charge on any atom is 0.251 e. The molecule has 0 saturated carbocycles. The van der Waals surface area contributed by atoms with Crippen molar-refractivity contribution in [1.82, 2.24) is 0 Å². The van der Waals surface area contributed by atoms with Crippen molar-refractivity contribution in [3.8, 4) is 0 Å². The van der Waals surface area contributed by atoms with Crippen LogP contribution in [-0.4, -0.2) is 30.4 Å². The smallest absolute Gasteiger partial charge is 0.251 e. The van der Waals surface area contributed by atoms with E-state index in [9.17, 15) is 9.50 Å². The number of nitrogens with zero attached hydrogens (tertiary/aromatic N) is 1. The number of aliphatic hydroxyl groups excluding tert-OH is 1. The van der Waals surface area contributed by atoms with Gasteiger partial charge in [-0.3, -0.25) is 0 Å². The maximum atomic E-state index is 14.4. The van der Waals surface area contributed by atoms with E-state index in [2.05, 4.69) is 9.99 Å². The largest absolute Gasteiger partial charge is 0.399 e. The fraction of sp³-hybridized carbons (Fsp3) is 0.462. The average Bonchev–Trinajstić information content (AvgIpc) is 2.35. The zero-order chi connectivity index (χ0) is 14.3. The molecule has 0 amide bonds. The minimum atomic E-state index is -2.18. The molecular formula is C13H17ClFNO3. The Morgan fingerprint density at radius 1 is 1.47 bits per heavy atom. The highest BCUT2D eigenvalue weighted by molar-refractivity contribution is 6.30. The monoisotopic (exact) mass is 289 g/mol. The van der Waals surface area contributed by atoms with Gasteiger partial charge in [-0.1, -0.05) is 28.9 Å². The second-order valence-corrected chi connectivity index (χ2v) is 4.61. The second kappa shape index (κ2) is 7.43. The molecule has 1 rings (SSSR count). The van der Waals surface area contributed by atoms with Crippen LogP contribution in [-0.2, 0) is 16.2 Å². The third-order valence-electron chi connectivity index (χ3n) is 2.32. The molecule has 0 aliphatic rings. The van der Waals surface area contributed by atoms with Gasteiger partial charge in [0, 0.05) is 11.4 Å². The van der Waals surface area contributed by atoms with Crippen LogP contribution in [0.15, 0.2) is 29.4 Å². The van der Waals surface area contributed by atoms with Crippen LogP contribution in [0.25, 0.3) is 0 Å². The highest BCUT2D eigenvalue weighted by Gasteiger charge is 2.31. The highest BCUT2D eigenvalue weighted by Crippen LogP contribution is 2.21. The van der Waals surface area contributed by atoms with Gasteiger partial charge in [-0.25, -0.2) is 4.39 Å². The van der Waals surface area contributed by atoms with Gasteiger partial charge in [-0.05, 0) is 24.6 Å². The molecule has 0 aromatic heterocycles. The van der Waals surface area contributed by atoms with Gasteiger partial charge in [-0.2, -0.15) is 0 Å². The summed E-state index contributed by atoms with van der Waals surface area (Å²) in [5.41, 5.74) is 0.767. The molecule has 1 N–H and O–H groups in total. The molecule has 19 heavy (non-hydrogen) atoms. The summed E-state index contributed by atoms with van der Waals surface area (Å²) in [5, 5.41) is 13.2. The summed E-state index contributed by atoms with van der Waals surface area (Å²) in [7, 11) is 1.30. The first kappa shape index (κ1) is 15.9. The van der Waals surface area contributed by atoms with Crippen molar-refractivity contribution < 1.29 is 19.1 Å².